The molecule has 6 nitrogen and oxygen atoms in total. The molecule has 0 bridgehead atoms. The van der Waals surface area contributed by atoms with Gasteiger partial charge in [-0.3, -0.25) is 14.6 Å². The van der Waals surface area contributed by atoms with E-state index >= 15 is 0 Å². The first-order valence-electron chi connectivity index (χ1n) is 9.31. The summed E-state index contributed by atoms with van der Waals surface area (Å²) in [5.74, 6) is -0.684. The van der Waals surface area contributed by atoms with Crippen molar-refractivity contribution in [3.05, 3.63) is 59.7 Å². The molecule has 0 atom stereocenters. The number of anilines is 1. The summed E-state index contributed by atoms with van der Waals surface area (Å²) < 4.78 is 13.1. The van der Waals surface area contributed by atoms with Gasteiger partial charge in [-0.1, -0.05) is 0 Å². The van der Waals surface area contributed by atoms with Gasteiger partial charge >= 0.3 is 0 Å². The van der Waals surface area contributed by atoms with Crippen LogP contribution >= 0.6 is 0 Å². The van der Waals surface area contributed by atoms with E-state index in [1.165, 1.54) is 24.4 Å². The normalized spacial score (nSPS) is 14.7. The first kappa shape index (κ1) is 19.8. The minimum atomic E-state index is -0.380. The molecule has 0 spiro atoms. The fourth-order valence-electron chi connectivity index (χ4n) is 3.09. The Morgan fingerprint density at radius 3 is 2.29 bits per heavy atom. The number of piperazine rings is 1. The van der Waals surface area contributed by atoms with E-state index in [4.69, 9.17) is 0 Å². The van der Waals surface area contributed by atoms with E-state index < -0.39 is 0 Å². The molecule has 7 heteroatoms. The average Bonchev–Trinajstić information content (AvgIpc) is 2.67. The number of hydrogen-bond acceptors (Lipinski definition) is 4. The number of hydrogen-bond donors (Lipinski definition) is 1. The summed E-state index contributed by atoms with van der Waals surface area (Å²) in [7, 11) is 0. The van der Waals surface area contributed by atoms with Gasteiger partial charge in [0.25, 0.3) is 11.8 Å². The lowest BCUT2D eigenvalue weighted by Gasteiger charge is -2.36. The maximum atomic E-state index is 13.1. The molecule has 28 heavy (non-hydrogen) atoms. The smallest absolute Gasteiger partial charge is 0.270 e. The van der Waals surface area contributed by atoms with Gasteiger partial charge in [0.05, 0.1) is 0 Å². The lowest BCUT2D eigenvalue weighted by atomic mass is 10.1. The molecule has 1 aromatic heterocycles. The molecular weight excluding hydrogens is 359 g/mol. The van der Waals surface area contributed by atoms with E-state index in [1.54, 1.807) is 23.1 Å². The number of carbonyl (C=O) groups is 2. The second-order valence-electron chi connectivity index (χ2n) is 7.89. The number of pyridine rings is 1. The number of carbonyl (C=O) groups excluding carboxylic acids is 2. The van der Waals surface area contributed by atoms with Gasteiger partial charge in [-0.15, -0.1) is 0 Å². The third kappa shape index (κ3) is 4.85. The summed E-state index contributed by atoms with van der Waals surface area (Å²) in [6, 6.07) is 9.53. The van der Waals surface area contributed by atoms with Crippen molar-refractivity contribution >= 4 is 17.5 Å². The van der Waals surface area contributed by atoms with Crippen molar-refractivity contribution < 1.29 is 14.0 Å². The molecule has 3 rings (SSSR count). The highest BCUT2D eigenvalue weighted by Gasteiger charge is 2.24. The summed E-state index contributed by atoms with van der Waals surface area (Å²) in [6.07, 6.45) is 1.49. The van der Waals surface area contributed by atoms with Gasteiger partial charge in [0, 0.05) is 49.2 Å². The Morgan fingerprint density at radius 1 is 1.04 bits per heavy atom. The van der Waals surface area contributed by atoms with Crippen molar-refractivity contribution in [2.75, 3.05) is 31.1 Å². The van der Waals surface area contributed by atoms with E-state index in [0.29, 0.717) is 31.7 Å². The molecule has 0 aliphatic carbocycles. The van der Waals surface area contributed by atoms with Crippen LogP contribution in [0.15, 0.2) is 42.6 Å². The first-order valence-corrected chi connectivity index (χ1v) is 9.31. The van der Waals surface area contributed by atoms with Crippen LogP contribution in [0.2, 0.25) is 0 Å². The minimum absolute atomic E-state index is 0.119. The summed E-state index contributed by atoms with van der Waals surface area (Å²) in [5, 5.41) is 2.85. The lowest BCUT2D eigenvalue weighted by Crippen LogP contribution is -2.48. The predicted molar refractivity (Wildman–Crippen MR) is 106 cm³/mol. The van der Waals surface area contributed by atoms with Crippen LogP contribution in [-0.2, 0) is 0 Å². The van der Waals surface area contributed by atoms with Gasteiger partial charge in [0.1, 0.15) is 11.5 Å². The zero-order valence-corrected chi connectivity index (χ0v) is 16.4. The van der Waals surface area contributed by atoms with Crippen LogP contribution < -0.4 is 10.2 Å². The maximum Gasteiger partial charge on any atom is 0.270 e. The second-order valence-corrected chi connectivity index (χ2v) is 7.89. The molecule has 0 radical (unpaired) electrons. The highest BCUT2D eigenvalue weighted by molar-refractivity contribution is 5.98. The Hall–Kier alpha value is -2.96. The summed E-state index contributed by atoms with van der Waals surface area (Å²) >= 11 is 0. The fraction of sp³-hybridized carbons (Fsp3) is 0.381. The molecule has 0 unspecified atom stereocenters. The Kier molecular flexibility index (Phi) is 5.63. The molecular formula is C21H25FN4O2. The third-order valence-corrected chi connectivity index (χ3v) is 4.49. The van der Waals surface area contributed by atoms with E-state index in [0.717, 1.165) is 5.69 Å². The average molecular weight is 384 g/mol. The Balaban J connectivity index is 1.64. The Morgan fingerprint density at radius 2 is 1.68 bits per heavy atom. The van der Waals surface area contributed by atoms with Crippen LogP contribution in [0.4, 0.5) is 10.1 Å². The number of nitrogens with zero attached hydrogens (tertiary/aromatic N) is 3. The van der Waals surface area contributed by atoms with Gasteiger partial charge in [0.2, 0.25) is 0 Å². The van der Waals surface area contributed by atoms with E-state index in [-0.39, 0.29) is 28.9 Å². The topological polar surface area (TPSA) is 65.5 Å². The van der Waals surface area contributed by atoms with Gasteiger partial charge in [-0.2, -0.15) is 0 Å². The fourth-order valence-corrected chi connectivity index (χ4v) is 3.09. The van der Waals surface area contributed by atoms with Gasteiger partial charge in [0.15, 0.2) is 0 Å². The molecule has 0 saturated carbocycles. The van der Waals surface area contributed by atoms with Gasteiger partial charge in [-0.05, 0) is 57.2 Å². The minimum Gasteiger partial charge on any atom is -0.368 e. The van der Waals surface area contributed by atoms with Gasteiger partial charge < -0.3 is 15.1 Å². The summed E-state index contributed by atoms with van der Waals surface area (Å²) in [4.78, 5) is 33.1. The second kappa shape index (κ2) is 7.96. The number of halogens is 1. The van der Waals surface area contributed by atoms with Crippen LogP contribution in [0.1, 0.15) is 41.6 Å². The highest BCUT2D eigenvalue weighted by Crippen LogP contribution is 2.18. The maximum absolute atomic E-state index is 13.1. The van der Waals surface area contributed by atoms with E-state index in [2.05, 4.69) is 15.2 Å². The molecule has 1 aromatic carbocycles. The molecule has 1 N–H and O–H groups in total. The van der Waals surface area contributed by atoms with Crippen LogP contribution in [0, 0.1) is 5.82 Å². The summed E-state index contributed by atoms with van der Waals surface area (Å²) in [6.45, 7) is 8.12. The number of rotatable bonds is 3. The summed E-state index contributed by atoms with van der Waals surface area (Å²) in [5.41, 5.74) is 1.24. The standard InChI is InChI=1S/C21H25FN4O2/c1-21(2,3)24-19(27)18-14-15(8-9-23-18)20(28)26-12-10-25(11-13-26)17-6-4-16(22)5-7-17/h4-9,14H,10-13H2,1-3H3,(H,24,27). The molecule has 1 saturated heterocycles. The van der Waals surface area contributed by atoms with Crippen LogP contribution in [0.25, 0.3) is 0 Å². The van der Waals surface area contributed by atoms with Crippen LogP contribution in [0.3, 0.4) is 0 Å². The number of nitrogens with one attached hydrogen (secondary N) is 1. The van der Waals surface area contributed by atoms with Crippen molar-refractivity contribution in [3.8, 4) is 0 Å². The van der Waals surface area contributed by atoms with Crippen molar-refractivity contribution in [2.45, 2.75) is 26.3 Å². The predicted octanol–water partition coefficient (Wildman–Crippen LogP) is 2.71. The van der Waals surface area contributed by atoms with Crippen LogP contribution in [-0.4, -0.2) is 53.4 Å². The Bertz CT molecular complexity index is 853. The number of amides is 2. The Labute approximate surface area is 164 Å². The molecule has 2 amide bonds. The van der Waals surface area contributed by atoms with Crippen molar-refractivity contribution in [1.82, 2.24) is 15.2 Å². The molecule has 1 fully saturated rings. The first-order chi connectivity index (χ1) is 13.2. The largest absolute Gasteiger partial charge is 0.368 e. The van der Waals surface area contributed by atoms with Crippen LogP contribution in [0.5, 0.6) is 0 Å². The van der Waals surface area contributed by atoms with E-state index in [1.807, 2.05) is 20.8 Å². The monoisotopic (exact) mass is 384 g/mol. The highest BCUT2D eigenvalue weighted by atomic mass is 19.1. The zero-order valence-electron chi connectivity index (χ0n) is 16.4. The number of aromatic nitrogens is 1. The lowest BCUT2D eigenvalue weighted by molar-refractivity contribution is 0.0746. The zero-order chi connectivity index (χ0) is 20.3. The molecule has 1 aliphatic heterocycles. The van der Waals surface area contributed by atoms with Crippen molar-refractivity contribution in [3.63, 3.8) is 0 Å². The third-order valence-electron chi connectivity index (χ3n) is 4.49. The van der Waals surface area contributed by atoms with Gasteiger partial charge in [-0.25, -0.2) is 4.39 Å². The molecule has 1 aliphatic rings. The molecule has 2 heterocycles. The number of benzene rings is 1. The van der Waals surface area contributed by atoms with E-state index in [9.17, 15) is 14.0 Å². The SMILES string of the molecule is CC(C)(C)NC(=O)c1cc(C(=O)N2CCN(c3ccc(F)cc3)CC2)ccn1. The van der Waals surface area contributed by atoms with Crippen molar-refractivity contribution in [2.24, 2.45) is 0 Å². The van der Waals surface area contributed by atoms with Crippen molar-refractivity contribution in [1.29, 1.82) is 0 Å². The molecule has 148 valence electrons. The quantitative estimate of drug-likeness (QED) is 0.884. The molecule has 2 aromatic rings.